The van der Waals surface area contributed by atoms with Crippen molar-refractivity contribution in [2.24, 2.45) is 0 Å². The highest BCUT2D eigenvalue weighted by Crippen LogP contribution is 2.30. The van der Waals surface area contributed by atoms with Crippen molar-refractivity contribution in [2.45, 2.75) is 19.2 Å². The van der Waals surface area contributed by atoms with Gasteiger partial charge in [0, 0.05) is 13.6 Å². The number of rotatable bonds is 6. The molecule has 2 N–H and O–H groups in total. The Morgan fingerprint density at radius 1 is 1.36 bits per heavy atom. The number of carbonyl (C=O) groups is 1. The number of aliphatic hydroxyl groups is 1. The summed E-state index contributed by atoms with van der Waals surface area (Å²) in [6, 6.07) is 3.85. The van der Waals surface area contributed by atoms with Crippen molar-refractivity contribution >= 4 is 6.03 Å². The van der Waals surface area contributed by atoms with Crippen LogP contribution in [0.5, 0.6) is 5.75 Å². The molecule has 0 aromatic heterocycles. The predicted octanol–water partition coefficient (Wildman–Crippen LogP) is 2.11. The minimum absolute atomic E-state index is 0.0481. The summed E-state index contributed by atoms with van der Waals surface area (Å²) in [5.74, 6) is 0.215. The first kappa shape index (κ1) is 18.1. The number of amides is 2. The van der Waals surface area contributed by atoms with Crippen molar-refractivity contribution in [1.29, 1.82) is 0 Å². The van der Waals surface area contributed by atoms with E-state index in [9.17, 15) is 23.1 Å². The van der Waals surface area contributed by atoms with Gasteiger partial charge in [-0.1, -0.05) is 0 Å². The maximum atomic E-state index is 12.4. The van der Waals surface area contributed by atoms with Gasteiger partial charge in [0.15, 0.2) is 0 Å². The Balaban J connectivity index is 2.44. The van der Waals surface area contributed by atoms with Gasteiger partial charge in [-0.25, -0.2) is 4.79 Å². The Kier molecular flexibility index (Phi) is 6.48. The van der Waals surface area contributed by atoms with Crippen molar-refractivity contribution in [1.82, 2.24) is 10.2 Å². The first-order valence-corrected chi connectivity index (χ1v) is 6.71. The molecular formula is C14H19F3N2O3. The molecule has 8 heteroatoms. The number of hydrogen-bond acceptors (Lipinski definition) is 3. The average molecular weight is 320 g/mol. The highest BCUT2D eigenvalue weighted by Gasteiger charge is 2.30. The standard InChI is InChI=1S/C14H19F3N2O3/c1-3-18-13(21)19(2)8-11(20)9-22-12-6-4-10(5-7-12)14(15,16)17/h4-7,11,20H,3,8-9H2,1-2H3,(H,18,21). The second-order valence-electron chi connectivity index (χ2n) is 4.70. The number of nitrogens with zero attached hydrogens (tertiary/aromatic N) is 1. The first-order valence-electron chi connectivity index (χ1n) is 6.71. The SMILES string of the molecule is CCNC(=O)N(C)CC(O)COc1ccc(C(F)(F)F)cc1. The van der Waals surface area contributed by atoms with E-state index >= 15 is 0 Å². The number of aliphatic hydroxyl groups excluding tert-OH is 1. The molecule has 0 heterocycles. The van der Waals surface area contributed by atoms with E-state index in [4.69, 9.17) is 4.74 Å². The third-order valence-electron chi connectivity index (χ3n) is 2.78. The topological polar surface area (TPSA) is 61.8 Å². The van der Waals surface area contributed by atoms with Crippen LogP contribution >= 0.6 is 0 Å². The van der Waals surface area contributed by atoms with Gasteiger partial charge in [-0.15, -0.1) is 0 Å². The van der Waals surface area contributed by atoms with Gasteiger partial charge in [-0.3, -0.25) is 0 Å². The van der Waals surface area contributed by atoms with E-state index < -0.39 is 17.8 Å². The van der Waals surface area contributed by atoms with E-state index in [1.807, 2.05) is 0 Å². The fourth-order valence-electron chi connectivity index (χ4n) is 1.67. The maximum Gasteiger partial charge on any atom is 0.416 e. The van der Waals surface area contributed by atoms with Crippen LogP contribution in [0.2, 0.25) is 0 Å². The van der Waals surface area contributed by atoms with Crippen LogP contribution in [0.25, 0.3) is 0 Å². The molecule has 0 radical (unpaired) electrons. The van der Waals surface area contributed by atoms with Crippen LogP contribution < -0.4 is 10.1 Å². The molecule has 5 nitrogen and oxygen atoms in total. The van der Waals surface area contributed by atoms with Gasteiger partial charge in [0.2, 0.25) is 0 Å². The number of urea groups is 1. The summed E-state index contributed by atoms with van der Waals surface area (Å²) in [6.07, 6.45) is -5.34. The second kappa shape index (κ2) is 7.88. The Hall–Kier alpha value is -1.96. The van der Waals surface area contributed by atoms with Crippen molar-refractivity contribution in [3.05, 3.63) is 29.8 Å². The van der Waals surface area contributed by atoms with E-state index in [0.29, 0.717) is 6.54 Å². The number of halogens is 3. The van der Waals surface area contributed by atoms with Crippen LogP contribution in [-0.2, 0) is 6.18 Å². The molecule has 0 aliphatic rings. The number of nitrogens with one attached hydrogen (secondary N) is 1. The zero-order valence-electron chi connectivity index (χ0n) is 12.4. The molecule has 0 spiro atoms. The summed E-state index contributed by atoms with van der Waals surface area (Å²) < 4.78 is 42.4. The van der Waals surface area contributed by atoms with Crippen LogP contribution in [0.4, 0.5) is 18.0 Å². The van der Waals surface area contributed by atoms with Crippen molar-refractivity contribution in [3.8, 4) is 5.75 Å². The van der Waals surface area contributed by atoms with Crippen LogP contribution in [0.15, 0.2) is 24.3 Å². The fourth-order valence-corrected chi connectivity index (χ4v) is 1.67. The fraction of sp³-hybridized carbons (Fsp3) is 0.500. The Morgan fingerprint density at radius 3 is 2.45 bits per heavy atom. The minimum Gasteiger partial charge on any atom is -0.491 e. The van der Waals surface area contributed by atoms with Gasteiger partial charge in [0.1, 0.15) is 18.5 Å². The average Bonchev–Trinajstić information content (AvgIpc) is 2.45. The lowest BCUT2D eigenvalue weighted by atomic mass is 10.2. The second-order valence-corrected chi connectivity index (χ2v) is 4.70. The molecular weight excluding hydrogens is 301 g/mol. The van der Waals surface area contributed by atoms with E-state index in [1.54, 1.807) is 6.92 Å². The number of alkyl halides is 3. The number of likely N-dealkylation sites (N-methyl/N-ethyl adjacent to an activating group) is 1. The first-order chi connectivity index (χ1) is 10.2. The van der Waals surface area contributed by atoms with Gasteiger partial charge in [-0.05, 0) is 31.2 Å². The third kappa shape index (κ3) is 5.80. The lowest BCUT2D eigenvalue weighted by Crippen LogP contribution is -2.42. The highest BCUT2D eigenvalue weighted by atomic mass is 19.4. The summed E-state index contributed by atoms with van der Waals surface area (Å²) in [5, 5.41) is 12.3. The zero-order valence-corrected chi connectivity index (χ0v) is 12.4. The number of hydrogen-bond donors (Lipinski definition) is 2. The largest absolute Gasteiger partial charge is 0.491 e. The third-order valence-corrected chi connectivity index (χ3v) is 2.78. The van der Waals surface area contributed by atoms with Gasteiger partial charge in [0.05, 0.1) is 12.1 Å². The zero-order chi connectivity index (χ0) is 16.8. The Labute approximate surface area is 126 Å². The molecule has 124 valence electrons. The van der Waals surface area contributed by atoms with Gasteiger partial charge in [-0.2, -0.15) is 13.2 Å². The monoisotopic (exact) mass is 320 g/mol. The quantitative estimate of drug-likeness (QED) is 0.844. The summed E-state index contributed by atoms with van der Waals surface area (Å²) in [6.45, 7) is 2.17. The normalized spacial score (nSPS) is 12.6. The molecule has 0 fully saturated rings. The van der Waals surface area contributed by atoms with E-state index in [1.165, 1.54) is 24.1 Å². The van der Waals surface area contributed by atoms with Crippen LogP contribution in [-0.4, -0.2) is 48.9 Å². The summed E-state index contributed by atoms with van der Waals surface area (Å²) >= 11 is 0. The van der Waals surface area contributed by atoms with Crippen LogP contribution in [0.1, 0.15) is 12.5 Å². The molecule has 1 atom stereocenters. The Morgan fingerprint density at radius 2 is 1.95 bits per heavy atom. The summed E-state index contributed by atoms with van der Waals surface area (Å²) in [7, 11) is 1.52. The van der Waals surface area contributed by atoms with Crippen molar-refractivity contribution < 1.29 is 27.8 Å². The van der Waals surface area contributed by atoms with E-state index in [-0.39, 0.29) is 24.9 Å². The molecule has 1 rings (SSSR count). The van der Waals surface area contributed by atoms with Gasteiger partial charge < -0.3 is 20.1 Å². The molecule has 22 heavy (non-hydrogen) atoms. The van der Waals surface area contributed by atoms with E-state index in [2.05, 4.69) is 5.32 Å². The van der Waals surface area contributed by atoms with E-state index in [0.717, 1.165) is 12.1 Å². The maximum absolute atomic E-state index is 12.4. The lowest BCUT2D eigenvalue weighted by molar-refractivity contribution is -0.137. The lowest BCUT2D eigenvalue weighted by Gasteiger charge is -2.21. The van der Waals surface area contributed by atoms with Crippen LogP contribution in [0.3, 0.4) is 0 Å². The molecule has 1 aromatic rings. The Bertz CT molecular complexity index is 477. The molecule has 0 aliphatic carbocycles. The van der Waals surface area contributed by atoms with Crippen molar-refractivity contribution in [3.63, 3.8) is 0 Å². The van der Waals surface area contributed by atoms with Crippen molar-refractivity contribution in [2.75, 3.05) is 26.7 Å². The number of benzene rings is 1. The number of carbonyl (C=O) groups excluding carboxylic acids is 1. The molecule has 1 unspecified atom stereocenters. The number of ether oxygens (including phenoxy) is 1. The van der Waals surface area contributed by atoms with Crippen LogP contribution in [0, 0.1) is 0 Å². The molecule has 0 aliphatic heterocycles. The highest BCUT2D eigenvalue weighted by molar-refractivity contribution is 5.73. The summed E-state index contributed by atoms with van der Waals surface area (Å²) in [4.78, 5) is 12.7. The predicted molar refractivity (Wildman–Crippen MR) is 74.6 cm³/mol. The molecule has 0 saturated heterocycles. The smallest absolute Gasteiger partial charge is 0.416 e. The molecule has 0 bridgehead atoms. The van der Waals surface area contributed by atoms with Gasteiger partial charge >= 0.3 is 12.2 Å². The summed E-state index contributed by atoms with van der Waals surface area (Å²) in [5.41, 5.74) is -0.767. The molecule has 2 amide bonds. The van der Waals surface area contributed by atoms with Gasteiger partial charge in [0.25, 0.3) is 0 Å². The molecule has 1 aromatic carbocycles. The minimum atomic E-state index is -4.40. The molecule has 0 saturated carbocycles.